The maximum absolute atomic E-state index is 6.17. The molecule has 4 nitrogen and oxygen atoms in total. The number of rotatable bonds is 2. The first kappa shape index (κ1) is 14.7. The van der Waals surface area contributed by atoms with Crippen LogP contribution in [0.15, 0.2) is 51.5 Å². The average molecular weight is 310 g/mol. The van der Waals surface area contributed by atoms with E-state index in [0.717, 1.165) is 45.2 Å². The normalized spacial score (nSPS) is 13.9. The molecule has 22 heavy (non-hydrogen) atoms. The number of anilines is 2. The number of hydrogen-bond acceptors (Lipinski definition) is 5. The Morgan fingerprint density at radius 1 is 1.05 bits per heavy atom. The van der Waals surface area contributed by atoms with Gasteiger partial charge >= 0.3 is 0 Å². The van der Waals surface area contributed by atoms with Crippen molar-refractivity contribution in [1.82, 2.24) is 0 Å². The van der Waals surface area contributed by atoms with Crippen LogP contribution >= 0.6 is 11.8 Å². The summed E-state index contributed by atoms with van der Waals surface area (Å²) in [5.41, 5.74) is 18.5. The molecule has 1 heterocycles. The highest BCUT2D eigenvalue weighted by molar-refractivity contribution is 7.98. The third-order valence-corrected chi connectivity index (χ3v) is 4.46. The molecule has 0 fully saturated rings. The summed E-state index contributed by atoms with van der Waals surface area (Å²) < 4.78 is 0. The van der Waals surface area contributed by atoms with Crippen molar-refractivity contribution in [3.8, 4) is 0 Å². The molecule has 0 radical (unpaired) electrons. The predicted octanol–water partition coefficient (Wildman–Crippen LogP) is 3.34. The molecule has 1 aliphatic rings. The summed E-state index contributed by atoms with van der Waals surface area (Å²) in [6.45, 7) is 1.99. The summed E-state index contributed by atoms with van der Waals surface area (Å²) in [5, 5.41) is 8.77. The highest BCUT2D eigenvalue weighted by atomic mass is 32.2. The summed E-state index contributed by atoms with van der Waals surface area (Å²) >= 11 is 1.65. The van der Waals surface area contributed by atoms with Gasteiger partial charge in [-0.25, -0.2) is 0 Å². The predicted molar refractivity (Wildman–Crippen MR) is 95.9 cm³/mol. The zero-order valence-corrected chi connectivity index (χ0v) is 13.4. The third-order valence-electron chi connectivity index (χ3n) is 3.66. The van der Waals surface area contributed by atoms with Crippen LogP contribution in [0.4, 0.5) is 11.4 Å². The molecule has 5 heteroatoms. The van der Waals surface area contributed by atoms with Crippen molar-refractivity contribution >= 4 is 34.6 Å². The van der Waals surface area contributed by atoms with E-state index in [4.69, 9.17) is 11.5 Å². The van der Waals surface area contributed by atoms with E-state index in [9.17, 15) is 0 Å². The van der Waals surface area contributed by atoms with Crippen LogP contribution in [0.3, 0.4) is 0 Å². The van der Waals surface area contributed by atoms with Crippen LogP contribution in [0, 0.1) is 0 Å². The van der Waals surface area contributed by atoms with E-state index in [2.05, 4.69) is 16.3 Å². The number of benzene rings is 2. The Balaban J connectivity index is 2.19. The third kappa shape index (κ3) is 2.72. The first-order valence-electron chi connectivity index (χ1n) is 7.02. The van der Waals surface area contributed by atoms with E-state index < -0.39 is 0 Å². The zero-order valence-electron chi connectivity index (χ0n) is 12.6. The molecular formula is C17H18N4S. The van der Waals surface area contributed by atoms with Gasteiger partial charge in [0, 0.05) is 39.5 Å². The molecular weight excluding hydrogens is 292 g/mol. The summed E-state index contributed by atoms with van der Waals surface area (Å²) in [6.07, 6.45) is 2.82. The van der Waals surface area contributed by atoms with Gasteiger partial charge in [0.15, 0.2) is 0 Å². The maximum atomic E-state index is 6.17. The molecule has 0 aliphatic carbocycles. The van der Waals surface area contributed by atoms with Gasteiger partial charge in [-0.1, -0.05) is 12.1 Å². The van der Waals surface area contributed by atoms with Crippen LogP contribution in [0.5, 0.6) is 0 Å². The Hall–Kier alpha value is -2.27. The Kier molecular flexibility index (Phi) is 3.90. The molecule has 0 bridgehead atoms. The van der Waals surface area contributed by atoms with Gasteiger partial charge in [-0.3, -0.25) is 0 Å². The van der Waals surface area contributed by atoms with Crippen LogP contribution in [0.25, 0.3) is 0 Å². The van der Waals surface area contributed by atoms with Crippen molar-refractivity contribution in [3.63, 3.8) is 0 Å². The zero-order chi connectivity index (χ0) is 15.7. The first-order valence-corrected chi connectivity index (χ1v) is 8.24. The highest BCUT2D eigenvalue weighted by Crippen LogP contribution is 2.30. The minimum Gasteiger partial charge on any atom is -0.399 e. The molecule has 3 rings (SSSR count). The van der Waals surface area contributed by atoms with Crippen molar-refractivity contribution < 1.29 is 0 Å². The lowest BCUT2D eigenvalue weighted by molar-refractivity contribution is 1.20. The Labute approximate surface area is 134 Å². The Morgan fingerprint density at radius 2 is 1.77 bits per heavy atom. The monoisotopic (exact) mass is 310 g/mol. The molecule has 0 saturated carbocycles. The molecule has 2 aromatic carbocycles. The van der Waals surface area contributed by atoms with Gasteiger partial charge in [0.25, 0.3) is 0 Å². The van der Waals surface area contributed by atoms with E-state index >= 15 is 0 Å². The molecule has 112 valence electrons. The first-order chi connectivity index (χ1) is 10.6. The summed E-state index contributed by atoms with van der Waals surface area (Å²) in [5.74, 6) is 0. The number of thioether (sulfide) groups is 1. The van der Waals surface area contributed by atoms with Crippen LogP contribution in [-0.4, -0.2) is 17.7 Å². The van der Waals surface area contributed by atoms with Gasteiger partial charge in [0.2, 0.25) is 0 Å². The number of nitrogens with zero attached hydrogens (tertiary/aromatic N) is 2. The minimum absolute atomic E-state index is 0.732. The molecule has 2 aromatic rings. The number of fused-ring (bicyclic) bond motifs is 1. The molecule has 0 saturated heterocycles. The summed E-state index contributed by atoms with van der Waals surface area (Å²) in [7, 11) is 0. The lowest BCUT2D eigenvalue weighted by Gasteiger charge is -2.13. The van der Waals surface area contributed by atoms with Crippen molar-refractivity contribution in [2.24, 2.45) is 10.2 Å². The van der Waals surface area contributed by atoms with Gasteiger partial charge in [-0.05, 0) is 43.0 Å². The lowest BCUT2D eigenvalue weighted by atomic mass is 9.94. The second-order valence-electron chi connectivity index (χ2n) is 5.33. The van der Waals surface area contributed by atoms with Crippen LogP contribution in [0.2, 0.25) is 0 Å². The van der Waals surface area contributed by atoms with Crippen LogP contribution in [0.1, 0.15) is 23.6 Å². The average Bonchev–Trinajstić information content (AvgIpc) is 2.66. The van der Waals surface area contributed by atoms with E-state index in [1.807, 2.05) is 43.5 Å². The lowest BCUT2D eigenvalue weighted by Crippen LogP contribution is -2.08. The Bertz CT molecular complexity index is 776. The second kappa shape index (κ2) is 5.85. The van der Waals surface area contributed by atoms with E-state index in [-0.39, 0.29) is 0 Å². The second-order valence-corrected chi connectivity index (χ2v) is 6.18. The standard InChI is InChI=1S/C17H18N4S/c1-10-7-12-8-16(22-2)15(19)9-14(12)17(21-20-10)11-3-5-13(18)6-4-11/h3-6,8-9H,7,18-19H2,1-2H3. The fourth-order valence-corrected chi connectivity index (χ4v) is 3.09. The number of nitrogen functional groups attached to an aromatic ring is 2. The molecule has 1 aliphatic heterocycles. The molecule has 0 unspecified atom stereocenters. The smallest absolute Gasteiger partial charge is 0.100 e. The van der Waals surface area contributed by atoms with E-state index in [0.29, 0.717) is 0 Å². The highest BCUT2D eigenvalue weighted by Gasteiger charge is 2.18. The maximum Gasteiger partial charge on any atom is 0.100 e. The molecule has 0 atom stereocenters. The summed E-state index contributed by atoms with van der Waals surface area (Å²) in [4.78, 5) is 1.09. The number of nitrogens with two attached hydrogens (primary N) is 2. The van der Waals surface area contributed by atoms with E-state index in [1.54, 1.807) is 11.8 Å². The minimum atomic E-state index is 0.732. The molecule has 0 spiro atoms. The molecule has 0 amide bonds. The van der Waals surface area contributed by atoms with Crippen molar-refractivity contribution in [1.29, 1.82) is 0 Å². The SMILES string of the molecule is CSc1cc2c(cc1N)C(c1ccc(N)cc1)=NN=C(C)C2. The van der Waals surface area contributed by atoms with Crippen molar-refractivity contribution in [3.05, 3.63) is 53.1 Å². The van der Waals surface area contributed by atoms with Gasteiger partial charge in [0.05, 0.1) is 0 Å². The van der Waals surface area contributed by atoms with Gasteiger partial charge < -0.3 is 11.5 Å². The molecule has 4 N–H and O–H groups in total. The summed E-state index contributed by atoms with van der Waals surface area (Å²) in [6, 6.07) is 11.8. The fourth-order valence-electron chi connectivity index (χ4n) is 2.54. The fraction of sp³-hybridized carbons (Fsp3) is 0.176. The van der Waals surface area contributed by atoms with E-state index in [1.165, 1.54) is 5.56 Å². The Morgan fingerprint density at radius 3 is 2.45 bits per heavy atom. The van der Waals surface area contributed by atoms with Gasteiger partial charge in [-0.2, -0.15) is 5.10 Å². The van der Waals surface area contributed by atoms with Crippen molar-refractivity contribution in [2.45, 2.75) is 18.2 Å². The van der Waals surface area contributed by atoms with Crippen LogP contribution < -0.4 is 11.5 Å². The van der Waals surface area contributed by atoms with Crippen molar-refractivity contribution in [2.75, 3.05) is 17.7 Å². The topological polar surface area (TPSA) is 76.8 Å². The molecule has 0 aromatic heterocycles. The largest absolute Gasteiger partial charge is 0.399 e. The number of hydrogen-bond donors (Lipinski definition) is 2. The van der Waals surface area contributed by atoms with Gasteiger partial charge in [-0.15, -0.1) is 16.9 Å². The van der Waals surface area contributed by atoms with Gasteiger partial charge in [0.1, 0.15) is 5.71 Å². The van der Waals surface area contributed by atoms with Crippen LogP contribution in [-0.2, 0) is 6.42 Å². The quantitative estimate of drug-likeness (QED) is 0.659.